The van der Waals surface area contributed by atoms with E-state index in [9.17, 15) is 4.79 Å². The Kier molecular flexibility index (Phi) is 4.22. The van der Waals surface area contributed by atoms with Crippen LogP contribution in [0, 0.1) is 11.8 Å². The molecule has 2 fully saturated rings. The van der Waals surface area contributed by atoms with Gasteiger partial charge in [-0.05, 0) is 31.6 Å². The van der Waals surface area contributed by atoms with Gasteiger partial charge in [0.15, 0.2) is 0 Å². The number of carbonyl (C=O) groups is 1. The maximum Gasteiger partial charge on any atom is 0.136 e. The van der Waals surface area contributed by atoms with Crippen LogP contribution in [-0.2, 0) is 4.79 Å². The third-order valence-corrected chi connectivity index (χ3v) is 4.32. The van der Waals surface area contributed by atoms with Crippen molar-refractivity contribution in [3.05, 3.63) is 0 Å². The van der Waals surface area contributed by atoms with Crippen molar-refractivity contribution in [2.24, 2.45) is 11.8 Å². The van der Waals surface area contributed by atoms with Crippen LogP contribution >= 0.6 is 0 Å². The van der Waals surface area contributed by atoms with Crippen LogP contribution < -0.4 is 0 Å². The quantitative estimate of drug-likeness (QED) is 0.634. The summed E-state index contributed by atoms with van der Waals surface area (Å²) in [6, 6.07) is 0. The van der Waals surface area contributed by atoms with E-state index in [1.54, 1.807) is 0 Å². The molecule has 0 heterocycles. The highest BCUT2D eigenvalue weighted by molar-refractivity contribution is 5.81. The van der Waals surface area contributed by atoms with Gasteiger partial charge in [0.05, 0.1) is 0 Å². The van der Waals surface area contributed by atoms with E-state index in [4.69, 9.17) is 0 Å². The maximum atomic E-state index is 12.1. The van der Waals surface area contributed by atoms with Gasteiger partial charge in [0, 0.05) is 12.3 Å². The lowest BCUT2D eigenvalue weighted by atomic mass is 9.82. The molecule has 0 aromatic rings. The van der Waals surface area contributed by atoms with Crippen molar-refractivity contribution < 1.29 is 4.79 Å². The monoisotopic (exact) mass is 208 g/mol. The molecule has 15 heavy (non-hydrogen) atoms. The smallest absolute Gasteiger partial charge is 0.136 e. The summed E-state index contributed by atoms with van der Waals surface area (Å²) in [5.74, 6) is 1.81. The number of Topliss-reactive ketones (excluding diaryl/α,β-unsaturated/α-hetero) is 1. The predicted octanol–water partition coefficient (Wildman–Crippen LogP) is 4.11. The molecule has 0 spiro atoms. The van der Waals surface area contributed by atoms with Crippen LogP contribution in [0.2, 0.25) is 0 Å². The number of ketones is 1. The second-order valence-corrected chi connectivity index (χ2v) is 5.42. The number of rotatable bonds is 1. The van der Waals surface area contributed by atoms with E-state index in [2.05, 4.69) is 0 Å². The Balaban J connectivity index is 1.94. The fourth-order valence-corrected chi connectivity index (χ4v) is 3.40. The van der Waals surface area contributed by atoms with Gasteiger partial charge in [0.2, 0.25) is 0 Å². The van der Waals surface area contributed by atoms with E-state index in [0.29, 0.717) is 11.7 Å². The molecule has 0 bridgehead atoms. The molecule has 2 rings (SSSR count). The molecule has 2 aliphatic rings. The second-order valence-electron chi connectivity index (χ2n) is 5.42. The fourth-order valence-electron chi connectivity index (χ4n) is 3.40. The van der Waals surface area contributed by atoms with Gasteiger partial charge >= 0.3 is 0 Å². The third-order valence-electron chi connectivity index (χ3n) is 4.32. The SMILES string of the molecule is O=C1CCCCCCCC1C1CCCC1. The van der Waals surface area contributed by atoms with Gasteiger partial charge in [-0.3, -0.25) is 4.79 Å². The Hall–Kier alpha value is -0.330. The van der Waals surface area contributed by atoms with Gasteiger partial charge < -0.3 is 0 Å². The van der Waals surface area contributed by atoms with E-state index >= 15 is 0 Å². The lowest BCUT2D eigenvalue weighted by Crippen LogP contribution is -2.21. The Morgan fingerprint density at radius 3 is 2.13 bits per heavy atom. The van der Waals surface area contributed by atoms with Gasteiger partial charge in [-0.25, -0.2) is 0 Å². The largest absolute Gasteiger partial charge is 0.299 e. The minimum absolute atomic E-state index is 0.450. The van der Waals surface area contributed by atoms with E-state index in [0.717, 1.165) is 18.8 Å². The molecular weight excluding hydrogens is 184 g/mol. The molecule has 0 aromatic carbocycles. The van der Waals surface area contributed by atoms with Crippen molar-refractivity contribution in [2.45, 2.75) is 70.6 Å². The molecule has 0 aromatic heterocycles. The molecule has 1 atom stereocenters. The standard InChI is InChI=1S/C14H24O/c15-14-11-5-3-1-2-4-10-13(14)12-8-6-7-9-12/h12-13H,1-11H2. The van der Waals surface area contributed by atoms with Crippen LogP contribution in [0.1, 0.15) is 70.6 Å². The molecule has 86 valence electrons. The Morgan fingerprint density at radius 2 is 1.33 bits per heavy atom. The zero-order valence-corrected chi connectivity index (χ0v) is 9.84. The lowest BCUT2D eigenvalue weighted by molar-refractivity contribution is -0.124. The molecule has 0 aliphatic heterocycles. The minimum Gasteiger partial charge on any atom is -0.299 e. The minimum atomic E-state index is 0.450. The lowest BCUT2D eigenvalue weighted by Gasteiger charge is -2.21. The molecule has 0 saturated heterocycles. The second kappa shape index (κ2) is 5.67. The highest BCUT2D eigenvalue weighted by atomic mass is 16.1. The van der Waals surface area contributed by atoms with E-state index in [-0.39, 0.29) is 0 Å². The molecule has 0 N–H and O–H groups in total. The van der Waals surface area contributed by atoms with Crippen molar-refractivity contribution in [1.29, 1.82) is 0 Å². The fraction of sp³-hybridized carbons (Fsp3) is 0.929. The first-order valence-electron chi connectivity index (χ1n) is 6.90. The first kappa shape index (κ1) is 11.2. The highest BCUT2D eigenvalue weighted by Gasteiger charge is 2.29. The summed E-state index contributed by atoms with van der Waals surface area (Å²) in [5.41, 5.74) is 0. The van der Waals surface area contributed by atoms with Crippen molar-refractivity contribution in [3.63, 3.8) is 0 Å². The molecule has 1 nitrogen and oxygen atoms in total. The van der Waals surface area contributed by atoms with Crippen molar-refractivity contribution >= 4 is 5.78 Å². The average molecular weight is 208 g/mol. The zero-order valence-electron chi connectivity index (χ0n) is 9.84. The van der Waals surface area contributed by atoms with Crippen LogP contribution in [-0.4, -0.2) is 5.78 Å². The summed E-state index contributed by atoms with van der Waals surface area (Å²) < 4.78 is 0. The van der Waals surface area contributed by atoms with Crippen LogP contribution in [0.15, 0.2) is 0 Å². The van der Waals surface area contributed by atoms with Crippen molar-refractivity contribution in [3.8, 4) is 0 Å². The molecule has 1 heteroatoms. The van der Waals surface area contributed by atoms with E-state index < -0.39 is 0 Å². The van der Waals surface area contributed by atoms with Crippen molar-refractivity contribution in [1.82, 2.24) is 0 Å². The summed E-state index contributed by atoms with van der Waals surface area (Å²) in [6.07, 6.45) is 13.9. The zero-order chi connectivity index (χ0) is 10.5. The van der Waals surface area contributed by atoms with Crippen LogP contribution in [0.3, 0.4) is 0 Å². The summed E-state index contributed by atoms with van der Waals surface area (Å²) in [5, 5.41) is 0. The average Bonchev–Trinajstić information content (AvgIpc) is 2.75. The van der Waals surface area contributed by atoms with Crippen LogP contribution in [0.4, 0.5) is 0 Å². The van der Waals surface area contributed by atoms with Gasteiger partial charge in [-0.1, -0.05) is 38.5 Å². The maximum absolute atomic E-state index is 12.1. The molecule has 1 unspecified atom stereocenters. The highest BCUT2D eigenvalue weighted by Crippen LogP contribution is 2.36. The van der Waals surface area contributed by atoms with Crippen LogP contribution in [0.5, 0.6) is 0 Å². The van der Waals surface area contributed by atoms with Crippen molar-refractivity contribution in [2.75, 3.05) is 0 Å². The summed E-state index contributed by atoms with van der Waals surface area (Å²) >= 11 is 0. The third kappa shape index (κ3) is 3.06. The summed E-state index contributed by atoms with van der Waals surface area (Å²) in [7, 11) is 0. The van der Waals surface area contributed by atoms with E-state index in [1.807, 2.05) is 0 Å². The number of hydrogen-bond acceptors (Lipinski definition) is 1. The molecule has 2 aliphatic carbocycles. The Morgan fingerprint density at radius 1 is 0.733 bits per heavy atom. The first-order valence-corrected chi connectivity index (χ1v) is 6.90. The Bertz CT molecular complexity index is 203. The molecule has 0 amide bonds. The van der Waals surface area contributed by atoms with Gasteiger partial charge in [-0.2, -0.15) is 0 Å². The molecule has 0 radical (unpaired) electrons. The van der Waals surface area contributed by atoms with Crippen LogP contribution in [0.25, 0.3) is 0 Å². The number of hydrogen-bond donors (Lipinski definition) is 0. The normalized spacial score (nSPS) is 30.9. The van der Waals surface area contributed by atoms with E-state index in [1.165, 1.54) is 57.8 Å². The molecule has 2 saturated carbocycles. The predicted molar refractivity (Wildman–Crippen MR) is 62.8 cm³/mol. The summed E-state index contributed by atoms with van der Waals surface area (Å²) in [4.78, 5) is 12.1. The number of carbonyl (C=O) groups excluding carboxylic acids is 1. The van der Waals surface area contributed by atoms with Gasteiger partial charge in [0.25, 0.3) is 0 Å². The van der Waals surface area contributed by atoms with Gasteiger partial charge in [-0.15, -0.1) is 0 Å². The first-order chi connectivity index (χ1) is 7.38. The topological polar surface area (TPSA) is 17.1 Å². The molecular formula is C14H24O. The Labute approximate surface area is 93.6 Å². The summed E-state index contributed by atoms with van der Waals surface area (Å²) in [6.45, 7) is 0. The van der Waals surface area contributed by atoms with Gasteiger partial charge in [0.1, 0.15) is 5.78 Å².